The highest BCUT2D eigenvalue weighted by atomic mass is 32.1. The van der Waals surface area contributed by atoms with E-state index in [0.29, 0.717) is 22.3 Å². The highest BCUT2D eigenvalue weighted by molar-refractivity contribution is 7.14. The summed E-state index contributed by atoms with van der Waals surface area (Å²) in [5, 5.41) is 16.1. The van der Waals surface area contributed by atoms with Gasteiger partial charge in [-0.2, -0.15) is 0 Å². The molecule has 8 nitrogen and oxygen atoms in total. The van der Waals surface area contributed by atoms with Crippen LogP contribution in [0, 0.1) is 17.0 Å². The van der Waals surface area contributed by atoms with E-state index in [1.165, 1.54) is 23.5 Å². The zero-order valence-corrected chi connectivity index (χ0v) is 17.2. The molecule has 0 atom stereocenters. The van der Waals surface area contributed by atoms with Crippen molar-refractivity contribution in [3.8, 4) is 17.0 Å². The molecule has 2 aromatic carbocycles. The Kier molecular flexibility index (Phi) is 5.79. The van der Waals surface area contributed by atoms with Crippen molar-refractivity contribution in [2.45, 2.75) is 6.92 Å². The smallest absolute Gasteiger partial charge is 0.270 e. The quantitative estimate of drug-likeness (QED) is 0.477. The second-order valence-corrected chi connectivity index (χ2v) is 7.41. The number of thiazole rings is 1. The van der Waals surface area contributed by atoms with Crippen LogP contribution in [0.5, 0.6) is 5.75 Å². The van der Waals surface area contributed by atoms with Gasteiger partial charge in [0.05, 0.1) is 23.3 Å². The number of ether oxygens (including phenoxy) is 1. The molecule has 0 unspecified atom stereocenters. The molecule has 150 valence electrons. The summed E-state index contributed by atoms with van der Waals surface area (Å²) in [5.41, 5.74) is 3.20. The fourth-order valence-electron chi connectivity index (χ4n) is 2.85. The first-order valence-corrected chi connectivity index (χ1v) is 9.55. The molecule has 3 rings (SSSR count). The van der Waals surface area contributed by atoms with E-state index in [4.69, 9.17) is 4.74 Å². The lowest BCUT2D eigenvalue weighted by Crippen LogP contribution is -2.18. The first-order valence-electron chi connectivity index (χ1n) is 8.68. The van der Waals surface area contributed by atoms with E-state index in [-0.39, 0.29) is 11.3 Å². The molecule has 0 radical (unpaired) electrons. The normalized spacial score (nSPS) is 10.5. The Balaban J connectivity index is 1.91. The number of nitro groups is 1. The number of rotatable bonds is 6. The Bertz CT molecular complexity index is 1080. The lowest BCUT2D eigenvalue weighted by atomic mass is 10.1. The van der Waals surface area contributed by atoms with E-state index in [1.54, 1.807) is 32.2 Å². The van der Waals surface area contributed by atoms with Crippen LogP contribution in [0.3, 0.4) is 0 Å². The third kappa shape index (κ3) is 4.35. The number of aromatic nitrogens is 1. The number of hydrogen-bond donors (Lipinski definition) is 1. The summed E-state index contributed by atoms with van der Waals surface area (Å²) < 4.78 is 5.40. The maximum Gasteiger partial charge on any atom is 0.270 e. The Morgan fingerprint density at radius 2 is 2.00 bits per heavy atom. The van der Waals surface area contributed by atoms with Crippen LogP contribution in [0.4, 0.5) is 16.5 Å². The predicted octanol–water partition coefficient (Wildman–Crippen LogP) is 4.35. The van der Waals surface area contributed by atoms with E-state index in [2.05, 4.69) is 10.3 Å². The number of hydrogen-bond acceptors (Lipinski definition) is 7. The number of nitrogens with one attached hydrogen (secondary N) is 1. The predicted molar refractivity (Wildman–Crippen MR) is 114 cm³/mol. The Morgan fingerprint density at radius 1 is 1.24 bits per heavy atom. The van der Waals surface area contributed by atoms with Crippen LogP contribution >= 0.6 is 11.3 Å². The number of nitro benzene ring substituents is 1. The lowest BCUT2D eigenvalue weighted by molar-refractivity contribution is -0.384. The number of amides is 1. The molecule has 0 saturated heterocycles. The van der Waals surface area contributed by atoms with Crippen molar-refractivity contribution >= 4 is 33.8 Å². The average molecular weight is 412 g/mol. The number of anilines is 2. The summed E-state index contributed by atoms with van der Waals surface area (Å²) in [4.78, 5) is 29.6. The maximum atomic E-state index is 12.8. The van der Waals surface area contributed by atoms with Crippen molar-refractivity contribution in [3.05, 3.63) is 63.0 Å². The molecule has 0 spiro atoms. The summed E-state index contributed by atoms with van der Waals surface area (Å²) in [6.45, 7) is 1.98. The number of carbonyl (C=O) groups is 1. The number of carbonyl (C=O) groups excluding carboxylic acids is 1. The van der Waals surface area contributed by atoms with Crippen molar-refractivity contribution < 1.29 is 14.5 Å². The highest BCUT2D eigenvalue weighted by Gasteiger charge is 2.19. The van der Waals surface area contributed by atoms with Gasteiger partial charge in [0.25, 0.3) is 11.6 Å². The number of aryl methyl sites for hydroxylation is 1. The van der Waals surface area contributed by atoms with Crippen LogP contribution in [0.1, 0.15) is 15.9 Å². The topological polar surface area (TPSA) is 97.6 Å². The zero-order valence-electron chi connectivity index (χ0n) is 16.4. The summed E-state index contributed by atoms with van der Waals surface area (Å²) >= 11 is 1.27. The van der Waals surface area contributed by atoms with Crippen LogP contribution < -0.4 is 15.0 Å². The summed E-state index contributed by atoms with van der Waals surface area (Å²) in [5.74, 6) is 0.224. The van der Waals surface area contributed by atoms with Crippen molar-refractivity contribution in [2.24, 2.45) is 0 Å². The highest BCUT2D eigenvalue weighted by Crippen LogP contribution is 2.33. The standard InChI is InChI=1S/C20H20N4O4S/c1-12-5-8-18(28-4)14(9-12)16-11-29-20(21-16)22-19(25)15-10-13(24(26)27)6-7-17(15)23(2)3/h5-11H,1-4H3,(H,21,22,25). The maximum absolute atomic E-state index is 12.8. The number of methoxy groups -OCH3 is 1. The zero-order chi connectivity index (χ0) is 21.1. The van der Waals surface area contributed by atoms with E-state index in [0.717, 1.165) is 11.1 Å². The second kappa shape index (κ2) is 8.27. The van der Waals surface area contributed by atoms with E-state index >= 15 is 0 Å². The van der Waals surface area contributed by atoms with Gasteiger partial charge in [-0.25, -0.2) is 4.98 Å². The van der Waals surface area contributed by atoms with Gasteiger partial charge in [0.1, 0.15) is 5.75 Å². The van der Waals surface area contributed by atoms with Gasteiger partial charge in [-0.3, -0.25) is 20.2 Å². The summed E-state index contributed by atoms with van der Waals surface area (Å²) in [6.07, 6.45) is 0. The van der Waals surface area contributed by atoms with E-state index in [9.17, 15) is 14.9 Å². The summed E-state index contributed by atoms with van der Waals surface area (Å²) in [6, 6.07) is 9.97. The van der Waals surface area contributed by atoms with Crippen molar-refractivity contribution in [2.75, 3.05) is 31.4 Å². The minimum absolute atomic E-state index is 0.148. The molecular formula is C20H20N4O4S. The molecule has 1 heterocycles. The molecule has 0 aliphatic carbocycles. The van der Waals surface area contributed by atoms with Gasteiger partial charge in [-0.05, 0) is 25.1 Å². The van der Waals surface area contributed by atoms with Gasteiger partial charge in [-0.15, -0.1) is 11.3 Å². The summed E-state index contributed by atoms with van der Waals surface area (Å²) in [7, 11) is 5.13. The molecule has 0 fully saturated rings. The van der Waals surface area contributed by atoms with Crippen LogP contribution in [-0.4, -0.2) is 37.0 Å². The van der Waals surface area contributed by atoms with E-state index in [1.807, 2.05) is 30.5 Å². The minimum atomic E-state index is -0.526. The third-order valence-electron chi connectivity index (χ3n) is 4.27. The van der Waals surface area contributed by atoms with Gasteiger partial charge in [-0.1, -0.05) is 11.6 Å². The van der Waals surface area contributed by atoms with Gasteiger partial charge in [0.2, 0.25) is 0 Å². The molecule has 0 saturated carbocycles. The molecular weight excluding hydrogens is 392 g/mol. The fraction of sp³-hybridized carbons (Fsp3) is 0.200. The first-order chi connectivity index (χ1) is 13.8. The molecule has 9 heteroatoms. The largest absolute Gasteiger partial charge is 0.496 e. The monoisotopic (exact) mass is 412 g/mol. The Hall–Kier alpha value is -3.46. The average Bonchev–Trinajstić information content (AvgIpc) is 3.15. The molecule has 1 amide bonds. The van der Waals surface area contributed by atoms with Gasteiger partial charge >= 0.3 is 0 Å². The van der Waals surface area contributed by atoms with Crippen LogP contribution in [0.2, 0.25) is 0 Å². The van der Waals surface area contributed by atoms with E-state index < -0.39 is 10.8 Å². The Morgan fingerprint density at radius 3 is 2.66 bits per heavy atom. The molecule has 1 N–H and O–H groups in total. The van der Waals surface area contributed by atoms with Crippen LogP contribution in [0.25, 0.3) is 11.3 Å². The van der Waals surface area contributed by atoms with Gasteiger partial charge in [0.15, 0.2) is 5.13 Å². The molecule has 3 aromatic rings. The lowest BCUT2D eigenvalue weighted by Gasteiger charge is -2.16. The van der Waals surface area contributed by atoms with Gasteiger partial charge < -0.3 is 9.64 Å². The number of nitrogens with zero attached hydrogens (tertiary/aromatic N) is 3. The molecule has 29 heavy (non-hydrogen) atoms. The van der Waals surface area contributed by atoms with Crippen molar-refractivity contribution in [1.29, 1.82) is 0 Å². The van der Waals surface area contributed by atoms with Gasteiger partial charge in [0, 0.05) is 42.9 Å². The number of benzene rings is 2. The molecule has 0 aliphatic heterocycles. The fourth-order valence-corrected chi connectivity index (χ4v) is 3.56. The number of non-ortho nitro benzene ring substituents is 1. The molecule has 1 aromatic heterocycles. The minimum Gasteiger partial charge on any atom is -0.496 e. The third-order valence-corrected chi connectivity index (χ3v) is 5.03. The SMILES string of the molecule is COc1ccc(C)cc1-c1csc(NC(=O)c2cc([N+](=O)[O-])ccc2N(C)C)n1. The van der Waals surface area contributed by atoms with Crippen LogP contribution in [-0.2, 0) is 0 Å². The molecule has 0 aliphatic rings. The Labute approximate surface area is 171 Å². The van der Waals surface area contributed by atoms with Crippen molar-refractivity contribution in [3.63, 3.8) is 0 Å². The molecule has 0 bridgehead atoms. The van der Waals surface area contributed by atoms with Crippen LogP contribution in [0.15, 0.2) is 41.8 Å². The first kappa shape index (κ1) is 20.3. The van der Waals surface area contributed by atoms with Crippen molar-refractivity contribution in [1.82, 2.24) is 4.98 Å². The second-order valence-electron chi connectivity index (χ2n) is 6.55.